The van der Waals surface area contributed by atoms with E-state index < -0.39 is 5.60 Å². The Balaban J connectivity index is 1.69. The van der Waals surface area contributed by atoms with Gasteiger partial charge in [-0.3, -0.25) is 4.98 Å². The lowest BCUT2D eigenvalue weighted by atomic mass is 9.89. The number of pyridine rings is 1. The van der Waals surface area contributed by atoms with Gasteiger partial charge in [-0.1, -0.05) is 17.3 Å². The second-order valence-corrected chi connectivity index (χ2v) is 10.4. The third-order valence-corrected chi connectivity index (χ3v) is 7.50. The van der Waals surface area contributed by atoms with Crippen molar-refractivity contribution in [2.45, 2.75) is 45.3 Å². The summed E-state index contributed by atoms with van der Waals surface area (Å²) in [5.41, 5.74) is 6.45. The van der Waals surface area contributed by atoms with E-state index in [4.69, 9.17) is 9.72 Å². The van der Waals surface area contributed by atoms with E-state index in [1.807, 2.05) is 46.1 Å². The molecule has 0 saturated carbocycles. The van der Waals surface area contributed by atoms with Crippen LogP contribution in [-0.2, 0) is 17.4 Å². The molecule has 0 spiro atoms. The van der Waals surface area contributed by atoms with Gasteiger partial charge in [-0.25, -0.2) is 4.68 Å². The first-order valence-electron chi connectivity index (χ1n) is 12.7. The van der Waals surface area contributed by atoms with Crippen LogP contribution in [0.5, 0.6) is 0 Å². The second-order valence-electron chi connectivity index (χ2n) is 10.4. The van der Waals surface area contributed by atoms with Crippen molar-refractivity contribution >= 4 is 21.9 Å². The summed E-state index contributed by atoms with van der Waals surface area (Å²) in [6, 6.07) is 12.3. The molecule has 1 saturated heterocycles. The van der Waals surface area contributed by atoms with Gasteiger partial charge in [-0.2, -0.15) is 10.2 Å². The summed E-state index contributed by atoms with van der Waals surface area (Å²) in [5.74, 6) is 0.304. The predicted molar refractivity (Wildman–Crippen MR) is 141 cm³/mol. The van der Waals surface area contributed by atoms with Crippen molar-refractivity contribution < 1.29 is 9.84 Å². The Morgan fingerprint density at radius 1 is 1.08 bits per heavy atom. The number of rotatable bonds is 5. The Morgan fingerprint density at radius 3 is 2.57 bits per heavy atom. The number of fused-ring (bicyclic) bond motifs is 3. The molecule has 0 amide bonds. The average molecular weight is 498 g/mol. The third-order valence-electron chi connectivity index (χ3n) is 7.50. The normalized spacial score (nSPS) is 16.0. The molecular weight excluding hydrogens is 466 g/mol. The van der Waals surface area contributed by atoms with E-state index in [1.165, 1.54) is 0 Å². The van der Waals surface area contributed by atoms with Crippen LogP contribution in [0.15, 0.2) is 48.8 Å². The van der Waals surface area contributed by atoms with Crippen LogP contribution in [0.4, 0.5) is 0 Å². The zero-order valence-electron chi connectivity index (χ0n) is 21.6. The van der Waals surface area contributed by atoms with Crippen LogP contribution >= 0.6 is 0 Å². The monoisotopic (exact) mass is 497 g/mol. The van der Waals surface area contributed by atoms with Gasteiger partial charge in [0.1, 0.15) is 0 Å². The van der Waals surface area contributed by atoms with Crippen LogP contribution in [0, 0.1) is 12.8 Å². The highest BCUT2D eigenvalue weighted by Gasteiger charge is 2.32. The van der Waals surface area contributed by atoms with Gasteiger partial charge in [-0.15, -0.1) is 5.10 Å². The molecule has 4 aromatic heterocycles. The lowest BCUT2D eigenvalue weighted by Gasteiger charge is -2.32. The maximum absolute atomic E-state index is 10.9. The molecule has 5 aromatic rings. The fourth-order valence-electron chi connectivity index (χ4n) is 5.66. The standard InChI is InChI=1S/C28H31N7O2/c1-17-26(34(4)33-31-17)19-14-24-25(29-16-19)21-8-7-20(28(2,3)36)15-23(21)35(24)27(18-9-12-37-13-10-18)22-6-5-11-30-32-22/h5-8,11,14-16,18,27,36H,9-10,12-13H2,1-4H3. The molecule has 0 bridgehead atoms. The zero-order chi connectivity index (χ0) is 25.7. The molecule has 6 rings (SSSR count). The van der Waals surface area contributed by atoms with Gasteiger partial charge in [0.05, 0.1) is 45.3 Å². The Kier molecular flexibility index (Phi) is 5.77. The van der Waals surface area contributed by atoms with Crippen molar-refractivity contribution in [2.24, 2.45) is 13.0 Å². The van der Waals surface area contributed by atoms with Gasteiger partial charge >= 0.3 is 0 Å². The highest BCUT2D eigenvalue weighted by atomic mass is 16.5. The van der Waals surface area contributed by atoms with Gasteiger partial charge < -0.3 is 14.4 Å². The van der Waals surface area contributed by atoms with Crippen LogP contribution in [-0.4, -0.2) is 53.1 Å². The minimum absolute atomic E-state index is 0.0718. The van der Waals surface area contributed by atoms with Crippen molar-refractivity contribution in [2.75, 3.05) is 13.2 Å². The lowest BCUT2D eigenvalue weighted by Crippen LogP contribution is -2.27. The average Bonchev–Trinajstić information content (AvgIpc) is 3.40. The number of hydrogen-bond donors (Lipinski definition) is 1. The molecule has 1 fully saturated rings. The highest BCUT2D eigenvalue weighted by Crippen LogP contribution is 2.41. The van der Waals surface area contributed by atoms with E-state index >= 15 is 0 Å². The lowest BCUT2D eigenvalue weighted by molar-refractivity contribution is 0.0546. The van der Waals surface area contributed by atoms with Crippen molar-refractivity contribution in [3.8, 4) is 11.3 Å². The van der Waals surface area contributed by atoms with Gasteiger partial charge in [0.15, 0.2) is 0 Å². The van der Waals surface area contributed by atoms with Crippen LogP contribution < -0.4 is 0 Å². The molecule has 1 aliphatic heterocycles. The van der Waals surface area contributed by atoms with Crippen molar-refractivity contribution in [1.29, 1.82) is 0 Å². The maximum Gasteiger partial charge on any atom is 0.0960 e. The number of ether oxygens (including phenoxy) is 1. The molecule has 37 heavy (non-hydrogen) atoms. The number of benzene rings is 1. The molecule has 0 radical (unpaired) electrons. The van der Waals surface area contributed by atoms with E-state index in [1.54, 1.807) is 10.9 Å². The van der Waals surface area contributed by atoms with Crippen LogP contribution in [0.3, 0.4) is 0 Å². The number of aryl methyl sites for hydroxylation is 2. The number of aromatic nitrogens is 7. The molecule has 0 aliphatic carbocycles. The molecule has 190 valence electrons. The Labute approximate surface area is 215 Å². The fourth-order valence-corrected chi connectivity index (χ4v) is 5.66. The molecule has 1 atom stereocenters. The van der Waals surface area contributed by atoms with Crippen LogP contribution in [0.25, 0.3) is 33.2 Å². The first-order chi connectivity index (χ1) is 17.8. The molecule has 5 heterocycles. The largest absolute Gasteiger partial charge is 0.386 e. The fraction of sp³-hybridized carbons (Fsp3) is 0.393. The molecule has 1 unspecified atom stereocenters. The quantitative estimate of drug-likeness (QED) is 0.385. The smallest absolute Gasteiger partial charge is 0.0960 e. The van der Waals surface area contributed by atoms with Gasteiger partial charge in [0.25, 0.3) is 0 Å². The minimum Gasteiger partial charge on any atom is -0.386 e. The third kappa shape index (κ3) is 4.08. The SMILES string of the molecule is Cc1nnn(C)c1-c1cnc2c3ccc(C(C)(C)O)cc3n(C(c3cccnn3)C3CCOCC3)c2c1. The molecule has 1 aromatic carbocycles. The van der Waals surface area contributed by atoms with Crippen molar-refractivity contribution in [3.05, 3.63) is 65.7 Å². The minimum atomic E-state index is -0.980. The summed E-state index contributed by atoms with van der Waals surface area (Å²) in [5, 5.41) is 29.2. The molecule has 9 heteroatoms. The van der Waals surface area contributed by atoms with E-state index in [0.717, 1.165) is 76.2 Å². The van der Waals surface area contributed by atoms with Crippen molar-refractivity contribution in [1.82, 2.24) is 34.7 Å². The van der Waals surface area contributed by atoms with E-state index in [0.29, 0.717) is 5.92 Å². The van der Waals surface area contributed by atoms with E-state index in [-0.39, 0.29) is 6.04 Å². The number of nitrogens with zero attached hydrogens (tertiary/aromatic N) is 7. The molecular formula is C28H31N7O2. The number of aliphatic hydroxyl groups is 1. The second kappa shape index (κ2) is 9.00. The first kappa shape index (κ1) is 23.7. The van der Waals surface area contributed by atoms with Crippen LogP contribution in [0.1, 0.15) is 49.7 Å². The summed E-state index contributed by atoms with van der Waals surface area (Å²) in [4.78, 5) is 4.97. The topological polar surface area (TPSA) is 104 Å². The summed E-state index contributed by atoms with van der Waals surface area (Å²) in [7, 11) is 1.90. The maximum atomic E-state index is 10.9. The predicted octanol–water partition coefficient (Wildman–Crippen LogP) is 4.33. The highest BCUT2D eigenvalue weighted by molar-refractivity contribution is 6.07. The van der Waals surface area contributed by atoms with E-state index in [2.05, 4.69) is 49.3 Å². The summed E-state index contributed by atoms with van der Waals surface area (Å²) in [6.45, 7) is 7.03. The summed E-state index contributed by atoms with van der Waals surface area (Å²) in [6.07, 6.45) is 5.45. The van der Waals surface area contributed by atoms with Gasteiger partial charge in [-0.05, 0) is 69.4 Å². The Morgan fingerprint density at radius 2 is 1.89 bits per heavy atom. The zero-order valence-corrected chi connectivity index (χ0v) is 21.6. The number of hydrogen-bond acceptors (Lipinski definition) is 7. The van der Waals surface area contributed by atoms with Gasteiger partial charge in [0, 0.05) is 43.6 Å². The molecule has 9 nitrogen and oxygen atoms in total. The van der Waals surface area contributed by atoms with Crippen LogP contribution in [0.2, 0.25) is 0 Å². The molecule has 1 N–H and O–H groups in total. The summed E-state index contributed by atoms with van der Waals surface area (Å²) < 4.78 is 9.87. The van der Waals surface area contributed by atoms with Crippen molar-refractivity contribution in [3.63, 3.8) is 0 Å². The summed E-state index contributed by atoms with van der Waals surface area (Å²) >= 11 is 0. The van der Waals surface area contributed by atoms with E-state index in [9.17, 15) is 5.11 Å². The Bertz CT molecular complexity index is 1560. The Hall–Kier alpha value is -3.69. The van der Waals surface area contributed by atoms with Gasteiger partial charge in [0.2, 0.25) is 0 Å². The molecule has 1 aliphatic rings. The first-order valence-corrected chi connectivity index (χ1v) is 12.7.